The van der Waals surface area contributed by atoms with Gasteiger partial charge in [0.2, 0.25) is 0 Å². The van der Waals surface area contributed by atoms with E-state index in [0.717, 1.165) is 20.7 Å². The molecule has 3 nitrogen and oxygen atoms in total. The molecule has 0 fully saturated rings. The van der Waals surface area contributed by atoms with Gasteiger partial charge >= 0.3 is 5.97 Å². The van der Waals surface area contributed by atoms with Crippen molar-refractivity contribution in [3.63, 3.8) is 0 Å². The molecular weight excluding hydrogens is 254 g/mol. The van der Waals surface area contributed by atoms with E-state index < -0.39 is 5.97 Å². The molecule has 0 amide bonds. The SMILES string of the molecule is O=C(O)c1cc2cccc(-c3nccs3)c2s1. The van der Waals surface area contributed by atoms with E-state index in [1.54, 1.807) is 23.6 Å². The first kappa shape index (κ1) is 10.4. The molecule has 0 unspecified atom stereocenters. The minimum Gasteiger partial charge on any atom is -0.477 e. The number of rotatable bonds is 2. The lowest BCUT2D eigenvalue weighted by Crippen LogP contribution is -1.89. The number of thiophene rings is 1. The Hall–Kier alpha value is -1.72. The Labute approximate surface area is 105 Å². The maximum absolute atomic E-state index is 11.0. The Kier molecular flexibility index (Phi) is 2.42. The number of aromatic carboxylic acids is 1. The molecule has 0 spiro atoms. The number of carboxylic acid groups (broad SMARTS) is 1. The summed E-state index contributed by atoms with van der Waals surface area (Å²) >= 11 is 2.85. The van der Waals surface area contributed by atoms with Crippen LogP contribution >= 0.6 is 22.7 Å². The van der Waals surface area contributed by atoms with Crippen LogP contribution in [0.15, 0.2) is 35.8 Å². The van der Waals surface area contributed by atoms with Gasteiger partial charge in [0, 0.05) is 21.8 Å². The molecule has 0 saturated heterocycles. The van der Waals surface area contributed by atoms with E-state index >= 15 is 0 Å². The second-order valence-electron chi connectivity index (χ2n) is 3.48. The highest BCUT2D eigenvalue weighted by molar-refractivity contribution is 7.22. The second kappa shape index (κ2) is 3.94. The molecule has 1 N–H and O–H groups in total. The molecule has 0 aliphatic rings. The Morgan fingerprint density at radius 2 is 2.24 bits per heavy atom. The first-order valence-electron chi connectivity index (χ1n) is 4.91. The number of carboxylic acids is 1. The molecule has 2 heterocycles. The van der Waals surface area contributed by atoms with Crippen LogP contribution in [0.3, 0.4) is 0 Å². The van der Waals surface area contributed by atoms with Crippen molar-refractivity contribution < 1.29 is 9.90 Å². The van der Waals surface area contributed by atoms with Gasteiger partial charge in [-0.3, -0.25) is 0 Å². The van der Waals surface area contributed by atoms with Crippen molar-refractivity contribution in [1.82, 2.24) is 4.98 Å². The van der Waals surface area contributed by atoms with Gasteiger partial charge in [0.1, 0.15) is 9.88 Å². The molecule has 0 saturated carbocycles. The quantitative estimate of drug-likeness (QED) is 0.764. The molecule has 0 bridgehead atoms. The van der Waals surface area contributed by atoms with Crippen molar-refractivity contribution in [2.45, 2.75) is 0 Å². The van der Waals surface area contributed by atoms with Crippen LogP contribution in [0.25, 0.3) is 20.7 Å². The summed E-state index contributed by atoms with van der Waals surface area (Å²) in [7, 11) is 0. The minimum absolute atomic E-state index is 0.365. The van der Waals surface area contributed by atoms with Gasteiger partial charge in [-0.05, 0) is 11.5 Å². The number of hydrogen-bond donors (Lipinski definition) is 1. The van der Waals surface area contributed by atoms with Crippen molar-refractivity contribution in [3.05, 3.63) is 40.7 Å². The Morgan fingerprint density at radius 3 is 2.94 bits per heavy atom. The number of nitrogens with zero attached hydrogens (tertiary/aromatic N) is 1. The lowest BCUT2D eigenvalue weighted by Gasteiger charge is -1.97. The van der Waals surface area contributed by atoms with Gasteiger partial charge in [0.05, 0.1) is 0 Å². The predicted octanol–water partition coefficient (Wildman–Crippen LogP) is 3.72. The van der Waals surface area contributed by atoms with Crippen LogP contribution in [-0.2, 0) is 0 Å². The Morgan fingerprint density at radius 1 is 1.35 bits per heavy atom. The molecule has 84 valence electrons. The third kappa shape index (κ3) is 1.73. The largest absolute Gasteiger partial charge is 0.477 e. The summed E-state index contributed by atoms with van der Waals surface area (Å²) in [6, 6.07) is 7.54. The molecule has 1 aromatic carbocycles. The number of fused-ring (bicyclic) bond motifs is 1. The molecule has 0 radical (unpaired) electrons. The summed E-state index contributed by atoms with van der Waals surface area (Å²) in [5, 5.41) is 12.8. The van der Waals surface area contributed by atoms with Gasteiger partial charge in [0.15, 0.2) is 0 Å². The number of thiazole rings is 1. The molecule has 0 atom stereocenters. The van der Waals surface area contributed by atoms with Crippen LogP contribution < -0.4 is 0 Å². The fourth-order valence-corrected chi connectivity index (χ4v) is 3.44. The van der Waals surface area contributed by atoms with Crippen molar-refractivity contribution in [1.29, 1.82) is 0 Å². The summed E-state index contributed by atoms with van der Waals surface area (Å²) < 4.78 is 0.986. The van der Waals surface area contributed by atoms with Gasteiger partial charge in [0.25, 0.3) is 0 Å². The van der Waals surface area contributed by atoms with Gasteiger partial charge < -0.3 is 5.11 Å². The second-order valence-corrected chi connectivity index (χ2v) is 5.42. The Balaban J connectivity index is 2.29. The van der Waals surface area contributed by atoms with E-state index in [-0.39, 0.29) is 0 Å². The summed E-state index contributed by atoms with van der Waals surface area (Å²) in [6.07, 6.45) is 1.75. The third-order valence-electron chi connectivity index (χ3n) is 2.42. The Bertz CT molecular complexity index is 686. The van der Waals surface area contributed by atoms with Crippen LogP contribution in [0.5, 0.6) is 0 Å². The summed E-state index contributed by atoms with van der Waals surface area (Å²) in [4.78, 5) is 15.6. The molecule has 0 aliphatic carbocycles. The van der Waals surface area contributed by atoms with Crippen LogP contribution in [0, 0.1) is 0 Å². The average molecular weight is 261 g/mol. The van der Waals surface area contributed by atoms with Crippen molar-refractivity contribution in [2.24, 2.45) is 0 Å². The highest BCUT2D eigenvalue weighted by Crippen LogP contribution is 2.35. The van der Waals surface area contributed by atoms with Crippen LogP contribution in [-0.4, -0.2) is 16.1 Å². The minimum atomic E-state index is -0.878. The number of hydrogen-bond acceptors (Lipinski definition) is 4. The number of aromatic nitrogens is 1. The highest BCUT2D eigenvalue weighted by atomic mass is 32.1. The molecule has 0 aliphatic heterocycles. The summed E-state index contributed by atoms with van der Waals surface area (Å²) in [5.41, 5.74) is 1.01. The van der Waals surface area contributed by atoms with Gasteiger partial charge in [-0.1, -0.05) is 18.2 Å². The number of benzene rings is 1. The van der Waals surface area contributed by atoms with E-state index in [0.29, 0.717) is 4.88 Å². The lowest BCUT2D eigenvalue weighted by atomic mass is 10.2. The van der Waals surface area contributed by atoms with Gasteiger partial charge in [-0.2, -0.15) is 0 Å². The van der Waals surface area contributed by atoms with Gasteiger partial charge in [-0.15, -0.1) is 22.7 Å². The molecule has 3 rings (SSSR count). The molecule has 2 aromatic heterocycles. The zero-order valence-electron chi connectivity index (χ0n) is 8.58. The van der Waals surface area contributed by atoms with Gasteiger partial charge in [-0.25, -0.2) is 9.78 Å². The van der Waals surface area contributed by atoms with E-state index in [1.807, 2.05) is 23.6 Å². The molecule has 3 aromatic rings. The smallest absolute Gasteiger partial charge is 0.345 e. The van der Waals surface area contributed by atoms with Crippen molar-refractivity contribution >= 4 is 38.7 Å². The van der Waals surface area contributed by atoms with Crippen molar-refractivity contribution in [3.8, 4) is 10.6 Å². The average Bonchev–Trinajstić information content (AvgIpc) is 2.97. The summed E-state index contributed by atoms with van der Waals surface area (Å²) in [5.74, 6) is -0.878. The first-order chi connectivity index (χ1) is 8.25. The monoisotopic (exact) mass is 261 g/mol. The fourth-order valence-electron chi connectivity index (χ4n) is 1.69. The maximum atomic E-state index is 11.0. The van der Waals surface area contributed by atoms with E-state index in [2.05, 4.69) is 4.98 Å². The van der Waals surface area contributed by atoms with E-state index in [4.69, 9.17) is 5.11 Å². The predicted molar refractivity (Wildman–Crippen MR) is 69.9 cm³/mol. The highest BCUT2D eigenvalue weighted by Gasteiger charge is 2.12. The zero-order valence-corrected chi connectivity index (χ0v) is 10.2. The maximum Gasteiger partial charge on any atom is 0.345 e. The normalized spacial score (nSPS) is 10.8. The summed E-state index contributed by atoms with van der Waals surface area (Å²) in [6.45, 7) is 0. The molecule has 17 heavy (non-hydrogen) atoms. The topological polar surface area (TPSA) is 50.2 Å². The van der Waals surface area contributed by atoms with Crippen molar-refractivity contribution in [2.75, 3.05) is 0 Å². The third-order valence-corrected chi connectivity index (χ3v) is 4.40. The lowest BCUT2D eigenvalue weighted by molar-refractivity contribution is 0.0702. The zero-order chi connectivity index (χ0) is 11.8. The molecular formula is C12H7NO2S2. The van der Waals surface area contributed by atoms with Crippen LogP contribution in [0.4, 0.5) is 0 Å². The van der Waals surface area contributed by atoms with Crippen LogP contribution in [0.2, 0.25) is 0 Å². The van der Waals surface area contributed by atoms with E-state index in [1.165, 1.54) is 11.3 Å². The fraction of sp³-hybridized carbons (Fsp3) is 0. The van der Waals surface area contributed by atoms with E-state index in [9.17, 15) is 4.79 Å². The standard InChI is InChI=1S/C12H7NO2S2/c14-12(15)9-6-7-2-1-3-8(10(7)17-9)11-13-4-5-16-11/h1-6H,(H,14,15). The van der Waals surface area contributed by atoms with Crippen LogP contribution in [0.1, 0.15) is 9.67 Å². The first-order valence-corrected chi connectivity index (χ1v) is 6.61. The number of carbonyl (C=O) groups is 1. The molecule has 5 heteroatoms.